The Hall–Kier alpha value is -2.43. The van der Waals surface area contributed by atoms with Gasteiger partial charge in [-0.1, -0.05) is 32.0 Å². The predicted octanol–water partition coefficient (Wildman–Crippen LogP) is 3.98. The van der Waals surface area contributed by atoms with Crippen molar-refractivity contribution in [3.05, 3.63) is 47.4 Å². The van der Waals surface area contributed by atoms with Gasteiger partial charge in [-0.3, -0.25) is 4.79 Å². The lowest BCUT2D eigenvalue weighted by molar-refractivity contribution is 0.102. The van der Waals surface area contributed by atoms with Crippen LogP contribution in [0.4, 0.5) is 11.5 Å². The highest BCUT2D eigenvalue weighted by atomic mass is 16.1. The van der Waals surface area contributed by atoms with Gasteiger partial charge in [-0.05, 0) is 37.8 Å². The van der Waals surface area contributed by atoms with Gasteiger partial charge in [0.25, 0.3) is 5.91 Å². The van der Waals surface area contributed by atoms with Crippen molar-refractivity contribution in [2.75, 3.05) is 10.6 Å². The summed E-state index contributed by atoms with van der Waals surface area (Å²) in [5.74, 6) is 0.748. The van der Waals surface area contributed by atoms with Gasteiger partial charge in [-0.2, -0.15) is 0 Å². The Morgan fingerprint density at radius 1 is 1.13 bits per heavy atom. The molecule has 2 rings (SSSR count). The minimum absolute atomic E-state index is 0.226. The molecule has 0 aliphatic heterocycles. The standard InChI is InChI=1S/C18H24N4O/c1-11(2)14-8-6-7-13(5)17(14)22-18(23)15-9-16(20-10-19-15)21-12(3)4/h6-12H,1-5H3,(H,22,23)(H,19,20,21). The number of para-hydroxylation sites is 1. The molecule has 0 radical (unpaired) electrons. The molecule has 0 spiro atoms. The summed E-state index contributed by atoms with van der Waals surface area (Å²) in [5.41, 5.74) is 3.37. The number of benzene rings is 1. The first kappa shape index (κ1) is 16.9. The first-order chi connectivity index (χ1) is 10.9. The lowest BCUT2D eigenvalue weighted by Crippen LogP contribution is -2.18. The molecule has 2 N–H and O–H groups in total. The van der Waals surface area contributed by atoms with Crippen LogP contribution in [0.2, 0.25) is 0 Å². The summed E-state index contributed by atoms with van der Waals surface area (Å²) in [6.07, 6.45) is 1.40. The average molecular weight is 312 g/mol. The number of hydrogen-bond donors (Lipinski definition) is 2. The van der Waals surface area contributed by atoms with E-state index in [0.29, 0.717) is 17.4 Å². The summed E-state index contributed by atoms with van der Waals surface area (Å²) in [6, 6.07) is 7.95. The first-order valence-corrected chi connectivity index (χ1v) is 7.88. The van der Waals surface area contributed by atoms with Crippen LogP contribution in [0.3, 0.4) is 0 Å². The highest BCUT2D eigenvalue weighted by molar-refractivity contribution is 6.04. The Bertz CT molecular complexity index is 695. The van der Waals surface area contributed by atoms with Crippen molar-refractivity contribution >= 4 is 17.4 Å². The maximum Gasteiger partial charge on any atom is 0.274 e. The van der Waals surface area contributed by atoms with E-state index in [-0.39, 0.29) is 11.9 Å². The van der Waals surface area contributed by atoms with Crippen molar-refractivity contribution in [3.63, 3.8) is 0 Å². The van der Waals surface area contributed by atoms with E-state index in [1.54, 1.807) is 6.07 Å². The fraction of sp³-hybridized carbons (Fsp3) is 0.389. The Balaban J connectivity index is 2.26. The highest BCUT2D eigenvalue weighted by Crippen LogP contribution is 2.27. The number of hydrogen-bond acceptors (Lipinski definition) is 4. The molecule has 1 aromatic heterocycles. The molecule has 0 atom stereocenters. The van der Waals surface area contributed by atoms with Crippen LogP contribution in [-0.2, 0) is 0 Å². The molecule has 122 valence electrons. The fourth-order valence-corrected chi connectivity index (χ4v) is 2.38. The third kappa shape index (κ3) is 4.28. The summed E-state index contributed by atoms with van der Waals surface area (Å²) in [7, 11) is 0. The van der Waals surface area contributed by atoms with Crippen LogP contribution in [0.1, 0.15) is 55.2 Å². The van der Waals surface area contributed by atoms with Gasteiger partial charge in [-0.25, -0.2) is 9.97 Å². The Labute approximate surface area is 137 Å². The van der Waals surface area contributed by atoms with Crippen molar-refractivity contribution in [2.45, 2.75) is 46.6 Å². The van der Waals surface area contributed by atoms with Crippen molar-refractivity contribution in [3.8, 4) is 0 Å². The van der Waals surface area contributed by atoms with E-state index in [4.69, 9.17) is 0 Å². The van der Waals surface area contributed by atoms with E-state index >= 15 is 0 Å². The smallest absolute Gasteiger partial charge is 0.274 e. The van der Waals surface area contributed by atoms with Crippen LogP contribution >= 0.6 is 0 Å². The van der Waals surface area contributed by atoms with E-state index in [9.17, 15) is 4.79 Å². The molecule has 1 heterocycles. The number of carbonyl (C=O) groups excluding carboxylic acids is 1. The van der Waals surface area contributed by atoms with Gasteiger partial charge in [0, 0.05) is 17.8 Å². The molecule has 5 nitrogen and oxygen atoms in total. The fourth-order valence-electron chi connectivity index (χ4n) is 2.38. The Morgan fingerprint density at radius 3 is 2.52 bits per heavy atom. The number of nitrogens with one attached hydrogen (secondary N) is 2. The van der Waals surface area contributed by atoms with Crippen molar-refractivity contribution < 1.29 is 4.79 Å². The van der Waals surface area contributed by atoms with Gasteiger partial charge in [0.1, 0.15) is 17.8 Å². The molecular formula is C18H24N4O. The predicted molar refractivity (Wildman–Crippen MR) is 94.0 cm³/mol. The van der Waals surface area contributed by atoms with Gasteiger partial charge < -0.3 is 10.6 Å². The summed E-state index contributed by atoms with van der Waals surface area (Å²) in [6.45, 7) is 10.3. The van der Waals surface area contributed by atoms with Crippen LogP contribution in [0, 0.1) is 6.92 Å². The number of anilines is 2. The third-order valence-electron chi connectivity index (χ3n) is 3.50. The number of rotatable bonds is 5. The zero-order valence-corrected chi connectivity index (χ0v) is 14.3. The minimum atomic E-state index is -0.226. The molecule has 2 aromatic rings. The zero-order chi connectivity index (χ0) is 17.0. The molecule has 5 heteroatoms. The van der Waals surface area contributed by atoms with Crippen molar-refractivity contribution in [1.29, 1.82) is 0 Å². The Morgan fingerprint density at radius 2 is 1.87 bits per heavy atom. The largest absolute Gasteiger partial charge is 0.368 e. The third-order valence-corrected chi connectivity index (χ3v) is 3.50. The van der Waals surface area contributed by atoms with Gasteiger partial charge >= 0.3 is 0 Å². The number of aryl methyl sites for hydroxylation is 1. The molecule has 0 aliphatic carbocycles. The normalized spacial score (nSPS) is 10.9. The molecule has 1 aromatic carbocycles. The molecule has 0 saturated carbocycles. The first-order valence-electron chi connectivity index (χ1n) is 7.88. The monoisotopic (exact) mass is 312 g/mol. The van der Waals surface area contributed by atoms with E-state index in [1.807, 2.05) is 39.0 Å². The topological polar surface area (TPSA) is 66.9 Å². The molecular weight excluding hydrogens is 288 g/mol. The molecule has 0 saturated heterocycles. The maximum atomic E-state index is 12.5. The van der Waals surface area contributed by atoms with E-state index in [2.05, 4.69) is 34.4 Å². The van der Waals surface area contributed by atoms with Crippen LogP contribution in [-0.4, -0.2) is 21.9 Å². The average Bonchev–Trinajstić information content (AvgIpc) is 2.48. The second-order valence-corrected chi connectivity index (χ2v) is 6.24. The van der Waals surface area contributed by atoms with Crippen LogP contribution < -0.4 is 10.6 Å². The molecule has 23 heavy (non-hydrogen) atoms. The molecule has 0 fully saturated rings. The summed E-state index contributed by atoms with van der Waals surface area (Å²) in [5, 5.41) is 6.17. The number of nitrogens with zero attached hydrogens (tertiary/aromatic N) is 2. The van der Waals surface area contributed by atoms with E-state index in [0.717, 1.165) is 16.8 Å². The Kier molecular flexibility index (Phi) is 5.32. The zero-order valence-electron chi connectivity index (χ0n) is 14.3. The van der Waals surface area contributed by atoms with Crippen molar-refractivity contribution in [2.24, 2.45) is 0 Å². The molecule has 0 aliphatic rings. The van der Waals surface area contributed by atoms with Crippen molar-refractivity contribution in [1.82, 2.24) is 9.97 Å². The molecule has 1 amide bonds. The highest BCUT2D eigenvalue weighted by Gasteiger charge is 2.15. The van der Waals surface area contributed by atoms with Gasteiger partial charge in [-0.15, -0.1) is 0 Å². The second-order valence-electron chi connectivity index (χ2n) is 6.24. The number of carbonyl (C=O) groups is 1. The second kappa shape index (κ2) is 7.22. The van der Waals surface area contributed by atoms with Crippen LogP contribution in [0.25, 0.3) is 0 Å². The quantitative estimate of drug-likeness (QED) is 0.876. The SMILES string of the molecule is Cc1cccc(C(C)C)c1NC(=O)c1cc(NC(C)C)ncn1. The van der Waals surface area contributed by atoms with Crippen LogP contribution in [0.5, 0.6) is 0 Å². The minimum Gasteiger partial charge on any atom is -0.368 e. The number of aromatic nitrogens is 2. The summed E-state index contributed by atoms with van der Waals surface area (Å²) < 4.78 is 0. The van der Waals surface area contributed by atoms with E-state index < -0.39 is 0 Å². The molecule has 0 unspecified atom stereocenters. The van der Waals surface area contributed by atoms with Gasteiger partial charge in [0.2, 0.25) is 0 Å². The summed E-state index contributed by atoms with van der Waals surface area (Å²) >= 11 is 0. The van der Waals surface area contributed by atoms with E-state index in [1.165, 1.54) is 6.33 Å². The maximum absolute atomic E-state index is 12.5. The summed E-state index contributed by atoms with van der Waals surface area (Å²) in [4.78, 5) is 20.8. The lowest BCUT2D eigenvalue weighted by atomic mass is 9.98. The number of amides is 1. The van der Waals surface area contributed by atoms with Crippen LogP contribution in [0.15, 0.2) is 30.6 Å². The van der Waals surface area contributed by atoms with Gasteiger partial charge in [0.15, 0.2) is 0 Å². The molecule has 0 bridgehead atoms. The van der Waals surface area contributed by atoms with Gasteiger partial charge in [0.05, 0.1) is 0 Å². The lowest BCUT2D eigenvalue weighted by Gasteiger charge is -2.16.